The molecule has 0 aliphatic heterocycles. The molecule has 0 heterocycles. The molecule has 76 valence electrons. The van der Waals surface area contributed by atoms with Crippen molar-refractivity contribution in [3.05, 3.63) is 0 Å². The molecule has 0 atom stereocenters. The van der Waals surface area contributed by atoms with Gasteiger partial charge in [0, 0.05) is 0 Å². The van der Waals surface area contributed by atoms with Gasteiger partial charge >= 0.3 is 80.4 Å². The van der Waals surface area contributed by atoms with Crippen molar-refractivity contribution in [2.75, 3.05) is 19.8 Å². The van der Waals surface area contributed by atoms with Crippen molar-refractivity contribution in [3.8, 4) is 5.63 Å². The SMILES string of the molecule is CCO[Si](C)(OCC)OCC#P=O. The zero-order chi connectivity index (χ0) is 10.2. The van der Waals surface area contributed by atoms with Crippen LogP contribution in [-0.2, 0) is 17.8 Å². The summed E-state index contributed by atoms with van der Waals surface area (Å²) in [5.74, 6) is 0. The van der Waals surface area contributed by atoms with Gasteiger partial charge in [0.05, 0.1) is 0 Å². The maximum atomic E-state index is 10.0. The third-order valence-electron chi connectivity index (χ3n) is 1.28. The van der Waals surface area contributed by atoms with Crippen LogP contribution >= 0.6 is 7.92 Å². The van der Waals surface area contributed by atoms with Gasteiger partial charge in [-0.3, -0.25) is 0 Å². The summed E-state index contributed by atoms with van der Waals surface area (Å²) in [5, 5.41) is 0. The maximum absolute atomic E-state index is 10.0. The Balaban J connectivity index is 4.02. The second-order valence-electron chi connectivity index (χ2n) is 2.27. The quantitative estimate of drug-likeness (QED) is 0.508. The summed E-state index contributed by atoms with van der Waals surface area (Å²) in [7, 11) is -2.64. The first-order chi connectivity index (χ1) is 6.18. The van der Waals surface area contributed by atoms with Crippen LogP contribution in [0.1, 0.15) is 13.8 Å². The molecule has 6 heteroatoms. The van der Waals surface area contributed by atoms with E-state index in [1.807, 2.05) is 20.4 Å². The standard InChI is InChI=1S/C7H15O4PSi/c1-4-9-13(3,10-5-2)11-6-7-12-8/h4-6H2,1-3H3. The molecule has 0 radical (unpaired) electrons. The molecule has 0 aliphatic carbocycles. The van der Waals surface area contributed by atoms with Crippen LogP contribution in [0, 0.1) is 5.63 Å². The first kappa shape index (κ1) is 13.1. The summed E-state index contributed by atoms with van der Waals surface area (Å²) in [6.07, 6.45) is 0. The molecule has 13 heavy (non-hydrogen) atoms. The molecule has 0 N–H and O–H groups in total. The van der Waals surface area contributed by atoms with E-state index in [-0.39, 0.29) is 14.5 Å². The number of hydrogen-bond donors (Lipinski definition) is 0. The molecular formula is C7H15O4PSi. The molecule has 0 unspecified atom stereocenters. The van der Waals surface area contributed by atoms with Crippen molar-refractivity contribution in [3.63, 3.8) is 0 Å². The van der Waals surface area contributed by atoms with Crippen LogP contribution < -0.4 is 0 Å². The van der Waals surface area contributed by atoms with E-state index < -0.39 is 8.80 Å². The van der Waals surface area contributed by atoms with Crippen molar-refractivity contribution in [2.24, 2.45) is 0 Å². The van der Waals surface area contributed by atoms with Crippen molar-refractivity contribution < 1.29 is 17.8 Å². The molecule has 0 aromatic rings. The molecule has 0 bridgehead atoms. The second kappa shape index (κ2) is 7.51. The topological polar surface area (TPSA) is 44.8 Å². The summed E-state index contributed by atoms with van der Waals surface area (Å²) < 4.78 is 26.1. The summed E-state index contributed by atoms with van der Waals surface area (Å²) >= 11 is 0. The molecule has 0 aromatic carbocycles. The predicted octanol–water partition coefficient (Wildman–Crippen LogP) is 1.90. The van der Waals surface area contributed by atoms with Crippen LogP contribution in [-0.4, -0.2) is 28.6 Å². The van der Waals surface area contributed by atoms with Gasteiger partial charge in [0.25, 0.3) is 0 Å². The van der Waals surface area contributed by atoms with Gasteiger partial charge in [-0.2, -0.15) is 0 Å². The van der Waals surface area contributed by atoms with Gasteiger partial charge in [-0.05, 0) is 0 Å². The Bertz CT molecular complexity index is 220. The Kier molecular flexibility index (Phi) is 7.57. The molecule has 0 aliphatic rings. The fraction of sp³-hybridized carbons (Fsp3) is 0.857. The molecule has 0 amide bonds. The zero-order valence-corrected chi connectivity index (χ0v) is 10.1. The third kappa shape index (κ3) is 6.21. The van der Waals surface area contributed by atoms with E-state index in [9.17, 15) is 4.57 Å². The van der Waals surface area contributed by atoms with Crippen LogP contribution in [0.3, 0.4) is 0 Å². The average molecular weight is 222 g/mol. The fourth-order valence-electron chi connectivity index (χ4n) is 0.839. The van der Waals surface area contributed by atoms with Gasteiger partial charge in [0.1, 0.15) is 0 Å². The van der Waals surface area contributed by atoms with Crippen LogP contribution in [0.15, 0.2) is 0 Å². The van der Waals surface area contributed by atoms with Crippen molar-refractivity contribution in [1.82, 2.24) is 0 Å². The molecule has 0 aromatic heterocycles. The Hall–Kier alpha value is 0.107. The van der Waals surface area contributed by atoms with Crippen LogP contribution in [0.4, 0.5) is 0 Å². The van der Waals surface area contributed by atoms with E-state index >= 15 is 0 Å². The Morgan fingerprint density at radius 1 is 1.23 bits per heavy atom. The second-order valence-corrected chi connectivity index (χ2v) is 5.36. The summed E-state index contributed by atoms with van der Waals surface area (Å²) in [5.41, 5.74) is 2.49. The summed E-state index contributed by atoms with van der Waals surface area (Å²) in [4.78, 5) is 0. The normalized spacial score (nSPS) is 11.0. The van der Waals surface area contributed by atoms with Crippen molar-refractivity contribution >= 4 is 16.7 Å². The number of rotatable bonds is 6. The van der Waals surface area contributed by atoms with E-state index in [0.717, 1.165) is 0 Å². The zero-order valence-electron chi connectivity index (χ0n) is 8.20. The average Bonchev–Trinajstić information content (AvgIpc) is 2.05. The van der Waals surface area contributed by atoms with E-state index in [4.69, 9.17) is 13.3 Å². The van der Waals surface area contributed by atoms with Crippen LogP contribution in [0.25, 0.3) is 0 Å². The molecule has 0 spiro atoms. The van der Waals surface area contributed by atoms with Gasteiger partial charge in [-0.1, -0.05) is 0 Å². The van der Waals surface area contributed by atoms with Crippen LogP contribution in [0.5, 0.6) is 0 Å². The summed E-state index contributed by atoms with van der Waals surface area (Å²) in [6, 6.07) is 0. The van der Waals surface area contributed by atoms with Crippen molar-refractivity contribution in [1.29, 1.82) is 0 Å². The van der Waals surface area contributed by atoms with Gasteiger partial charge in [-0.25, -0.2) is 0 Å². The predicted molar refractivity (Wildman–Crippen MR) is 52.3 cm³/mol. The molecule has 4 nitrogen and oxygen atoms in total. The molecule has 0 rings (SSSR count). The Morgan fingerprint density at radius 3 is 2.15 bits per heavy atom. The Labute approximate surface area is 81.1 Å². The monoisotopic (exact) mass is 222 g/mol. The minimum absolute atomic E-state index is 0.151. The van der Waals surface area contributed by atoms with E-state index in [1.54, 1.807) is 0 Å². The minimum atomic E-state index is -2.49. The van der Waals surface area contributed by atoms with E-state index in [0.29, 0.717) is 13.2 Å². The fourth-order valence-corrected chi connectivity index (χ4v) is 2.71. The van der Waals surface area contributed by atoms with Gasteiger partial charge in [-0.15, -0.1) is 0 Å². The number of hydrogen-bond acceptors (Lipinski definition) is 4. The van der Waals surface area contributed by atoms with Gasteiger partial charge in [0.15, 0.2) is 0 Å². The van der Waals surface area contributed by atoms with E-state index in [1.165, 1.54) is 0 Å². The molecular weight excluding hydrogens is 207 g/mol. The van der Waals surface area contributed by atoms with Gasteiger partial charge in [0.2, 0.25) is 0 Å². The van der Waals surface area contributed by atoms with E-state index in [2.05, 4.69) is 5.63 Å². The molecule has 0 saturated carbocycles. The van der Waals surface area contributed by atoms with Gasteiger partial charge < -0.3 is 0 Å². The first-order valence-corrected chi connectivity index (χ1v) is 7.19. The Morgan fingerprint density at radius 2 is 1.77 bits per heavy atom. The molecule has 0 fully saturated rings. The summed E-state index contributed by atoms with van der Waals surface area (Å²) in [6.45, 7) is 6.85. The van der Waals surface area contributed by atoms with Crippen molar-refractivity contribution in [2.45, 2.75) is 20.4 Å². The van der Waals surface area contributed by atoms with Crippen LogP contribution in [0.2, 0.25) is 6.55 Å². The third-order valence-corrected chi connectivity index (χ3v) is 3.83. The molecule has 0 saturated heterocycles. The first-order valence-electron chi connectivity index (χ1n) is 4.15.